The fourth-order valence-corrected chi connectivity index (χ4v) is 2.53. The highest BCUT2D eigenvalue weighted by atomic mass is 16.3. The number of aliphatic hydroxyl groups excluding tert-OH is 1. The molecule has 94 valence electrons. The number of aliphatic hydroxyl groups is 1. The third-order valence-corrected chi connectivity index (χ3v) is 3.52. The fraction of sp³-hybridized carbons (Fsp3) is 0.385. The third kappa shape index (κ3) is 1.59. The average Bonchev–Trinajstić information content (AvgIpc) is 2.93. The molecule has 0 spiro atoms. The van der Waals surface area contributed by atoms with Crippen LogP contribution in [0.5, 0.6) is 0 Å². The minimum Gasteiger partial charge on any atom is -0.396 e. The standard InChI is InChI=1S/C13H15N3O2/c1-15-11-3-2-4-12(10(11)6-14-15)16-7-9(8-17)5-13(16)18/h2-4,6,9,17H,5,7-8H2,1H3. The quantitative estimate of drug-likeness (QED) is 0.856. The molecule has 2 heterocycles. The van der Waals surface area contributed by atoms with Crippen molar-refractivity contribution in [3.63, 3.8) is 0 Å². The van der Waals surface area contributed by atoms with Gasteiger partial charge in [0.05, 0.1) is 17.4 Å². The molecule has 1 fully saturated rings. The van der Waals surface area contributed by atoms with Crippen molar-refractivity contribution in [2.75, 3.05) is 18.1 Å². The summed E-state index contributed by atoms with van der Waals surface area (Å²) in [4.78, 5) is 13.7. The van der Waals surface area contributed by atoms with Gasteiger partial charge in [0.2, 0.25) is 5.91 Å². The maximum absolute atomic E-state index is 12.0. The van der Waals surface area contributed by atoms with Crippen LogP contribution in [0.2, 0.25) is 0 Å². The second kappa shape index (κ2) is 4.10. The average molecular weight is 245 g/mol. The number of aryl methyl sites for hydroxylation is 1. The van der Waals surface area contributed by atoms with E-state index in [9.17, 15) is 9.90 Å². The van der Waals surface area contributed by atoms with Crippen molar-refractivity contribution in [2.45, 2.75) is 6.42 Å². The highest BCUT2D eigenvalue weighted by Crippen LogP contribution is 2.31. The zero-order valence-electron chi connectivity index (χ0n) is 10.2. The predicted octanol–water partition coefficient (Wildman–Crippen LogP) is 0.918. The topological polar surface area (TPSA) is 58.4 Å². The molecule has 1 saturated heterocycles. The summed E-state index contributed by atoms with van der Waals surface area (Å²) in [5.74, 6) is 0.120. The van der Waals surface area contributed by atoms with Crippen LogP contribution in [0.15, 0.2) is 24.4 Å². The molecule has 0 saturated carbocycles. The number of aromatic nitrogens is 2. The van der Waals surface area contributed by atoms with Crippen LogP contribution >= 0.6 is 0 Å². The van der Waals surface area contributed by atoms with Gasteiger partial charge in [0.15, 0.2) is 0 Å². The Bertz CT molecular complexity index is 605. The number of rotatable bonds is 2. The first-order valence-corrected chi connectivity index (χ1v) is 6.02. The Kier molecular flexibility index (Phi) is 2.56. The summed E-state index contributed by atoms with van der Waals surface area (Å²) < 4.78 is 1.79. The molecule has 18 heavy (non-hydrogen) atoms. The van der Waals surface area contributed by atoms with Crippen molar-refractivity contribution in [3.8, 4) is 0 Å². The maximum atomic E-state index is 12.0. The highest BCUT2D eigenvalue weighted by molar-refractivity contribution is 6.04. The molecule has 1 amide bonds. The molecule has 0 aliphatic carbocycles. The second-order valence-electron chi connectivity index (χ2n) is 4.74. The van der Waals surface area contributed by atoms with E-state index in [0.29, 0.717) is 13.0 Å². The number of anilines is 1. The molecule has 1 atom stereocenters. The Morgan fingerprint density at radius 1 is 1.50 bits per heavy atom. The van der Waals surface area contributed by atoms with E-state index in [4.69, 9.17) is 0 Å². The first kappa shape index (κ1) is 11.2. The number of carbonyl (C=O) groups excluding carboxylic acids is 1. The molecule has 5 nitrogen and oxygen atoms in total. The van der Waals surface area contributed by atoms with E-state index in [-0.39, 0.29) is 18.4 Å². The van der Waals surface area contributed by atoms with E-state index >= 15 is 0 Å². The van der Waals surface area contributed by atoms with Gasteiger partial charge in [0.1, 0.15) is 0 Å². The normalized spacial score (nSPS) is 20.0. The maximum Gasteiger partial charge on any atom is 0.227 e. The molecule has 1 aliphatic heterocycles. The molecule has 0 bridgehead atoms. The Labute approximate surface area is 105 Å². The van der Waals surface area contributed by atoms with Crippen LogP contribution in [0.1, 0.15) is 6.42 Å². The Morgan fingerprint density at radius 2 is 2.33 bits per heavy atom. The summed E-state index contributed by atoms with van der Waals surface area (Å²) in [5.41, 5.74) is 1.90. The van der Waals surface area contributed by atoms with E-state index in [1.807, 2.05) is 25.2 Å². The van der Waals surface area contributed by atoms with E-state index in [1.165, 1.54) is 0 Å². The van der Waals surface area contributed by atoms with Crippen LogP contribution < -0.4 is 4.90 Å². The number of carbonyl (C=O) groups is 1. The molecule has 2 aromatic rings. The predicted molar refractivity (Wildman–Crippen MR) is 68.3 cm³/mol. The molecular weight excluding hydrogens is 230 g/mol. The zero-order valence-corrected chi connectivity index (χ0v) is 10.2. The summed E-state index contributed by atoms with van der Waals surface area (Å²) in [6.07, 6.45) is 2.21. The van der Waals surface area contributed by atoms with Gasteiger partial charge < -0.3 is 10.0 Å². The number of benzene rings is 1. The lowest BCUT2D eigenvalue weighted by atomic mass is 10.1. The van der Waals surface area contributed by atoms with Crippen LogP contribution in [-0.4, -0.2) is 33.9 Å². The number of fused-ring (bicyclic) bond motifs is 1. The molecule has 1 unspecified atom stereocenters. The van der Waals surface area contributed by atoms with Crippen molar-refractivity contribution in [1.82, 2.24) is 9.78 Å². The second-order valence-corrected chi connectivity index (χ2v) is 4.74. The molecule has 5 heteroatoms. The molecular formula is C13H15N3O2. The number of nitrogens with zero attached hydrogens (tertiary/aromatic N) is 3. The van der Waals surface area contributed by atoms with Gasteiger partial charge in [-0.05, 0) is 12.1 Å². The smallest absolute Gasteiger partial charge is 0.227 e. The summed E-state index contributed by atoms with van der Waals surface area (Å²) in [7, 11) is 1.88. The number of hydrogen-bond donors (Lipinski definition) is 1. The molecule has 1 aromatic heterocycles. The van der Waals surface area contributed by atoms with Crippen LogP contribution in [0.25, 0.3) is 10.9 Å². The van der Waals surface area contributed by atoms with E-state index in [0.717, 1.165) is 16.6 Å². The van der Waals surface area contributed by atoms with Crippen molar-refractivity contribution < 1.29 is 9.90 Å². The fourth-order valence-electron chi connectivity index (χ4n) is 2.53. The van der Waals surface area contributed by atoms with Crippen LogP contribution in [0.4, 0.5) is 5.69 Å². The monoisotopic (exact) mass is 245 g/mol. The number of hydrogen-bond acceptors (Lipinski definition) is 3. The highest BCUT2D eigenvalue weighted by Gasteiger charge is 2.31. The van der Waals surface area contributed by atoms with Gasteiger partial charge in [-0.3, -0.25) is 9.48 Å². The molecule has 3 rings (SSSR count). The first-order chi connectivity index (χ1) is 8.70. The van der Waals surface area contributed by atoms with Gasteiger partial charge in [-0.2, -0.15) is 5.10 Å². The zero-order chi connectivity index (χ0) is 12.7. The minimum atomic E-state index is 0.0458. The van der Waals surface area contributed by atoms with Crippen LogP contribution in [-0.2, 0) is 11.8 Å². The molecule has 1 aromatic carbocycles. The summed E-state index contributed by atoms with van der Waals surface area (Å²) in [5, 5.41) is 14.4. The van der Waals surface area contributed by atoms with Gasteiger partial charge in [0.25, 0.3) is 0 Å². The molecule has 0 radical (unpaired) electrons. The molecule has 1 aliphatic rings. The Morgan fingerprint density at radius 3 is 3.06 bits per heavy atom. The van der Waals surface area contributed by atoms with Crippen LogP contribution in [0.3, 0.4) is 0 Å². The van der Waals surface area contributed by atoms with Crippen molar-refractivity contribution in [3.05, 3.63) is 24.4 Å². The summed E-state index contributed by atoms with van der Waals surface area (Å²) in [6.45, 7) is 0.647. The Balaban J connectivity index is 2.07. The Hall–Kier alpha value is -1.88. The first-order valence-electron chi connectivity index (χ1n) is 6.02. The SMILES string of the molecule is Cn1ncc2c(N3CC(CO)CC3=O)cccc21. The van der Waals surface area contributed by atoms with E-state index in [1.54, 1.807) is 15.8 Å². The molecule has 1 N–H and O–H groups in total. The summed E-state index contributed by atoms with van der Waals surface area (Å²) in [6, 6.07) is 5.84. The lowest BCUT2D eigenvalue weighted by Crippen LogP contribution is -2.25. The van der Waals surface area contributed by atoms with Gasteiger partial charge in [0, 0.05) is 37.9 Å². The third-order valence-electron chi connectivity index (χ3n) is 3.52. The van der Waals surface area contributed by atoms with Crippen molar-refractivity contribution >= 4 is 22.5 Å². The minimum absolute atomic E-state index is 0.0458. The van der Waals surface area contributed by atoms with E-state index < -0.39 is 0 Å². The lowest BCUT2D eigenvalue weighted by molar-refractivity contribution is -0.117. The van der Waals surface area contributed by atoms with Gasteiger partial charge in [-0.15, -0.1) is 0 Å². The summed E-state index contributed by atoms with van der Waals surface area (Å²) >= 11 is 0. The van der Waals surface area contributed by atoms with Crippen molar-refractivity contribution in [1.29, 1.82) is 0 Å². The van der Waals surface area contributed by atoms with Gasteiger partial charge in [-0.25, -0.2) is 0 Å². The number of amides is 1. The lowest BCUT2D eigenvalue weighted by Gasteiger charge is -2.17. The van der Waals surface area contributed by atoms with Crippen molar-refractivity contribution in [2.24, 2.45) is 13.0 Å². The van der Waals surface area contributed by atoms with E-state index in [2.05, 4.69) is 5.10 Å². The van der Waals surface area contributed by atoms with Crippen LogP contribution in [0, 0.1) is 5.92 Å². The largest absolute Gasteiger partial charge is 0.396 e. The van der Waals surface area contributed by atoms with Gasteiger partial charge in [-0.1, -0.05) is 6.07 Å². The van der Waals surface area contributed by atoms with Gasteiger partial charge >= 0.3 is 0 Å².